The van der Waals surface area contributed by atoms with Crippen LogP contribution in [-0.4, -0.2) is 22.3 Å². The molecule has 1 atom stereocenters. The molecular weight excluding hydrogens is 288 g/mol. The Morgan fingerprint density at radius 1 is 0.913 bits per heavy atom. The molecule has 0 aliphatic rings. The molecule has 3 heteroatoms. The fraction of sp³-hybridized carbons (Fsp3) is 0.600. The van der Waals surface area contributed by atoms with E-state index in [0.717, 1.165) is 11.1 Å². The Morgan fingerprint density at radius 2 is 1.30 bits per heavy atom. The molecule has 0 aliphatic heterocycles. The van der Waals surface area contributed by atoms with Crippen LogP contribution in [0, 0.1) is 0 Å². The van der Waals surface area contributed by atoms with Crippen molar-refractivity contribution in [3.05, 3.63) is 34.4 Å². The molecule has 0 radical (unpaired) electrons. The van der Waals surface area contributed by atoms with Crippen LogP contribution in [-0.2, 0) is 4.79 Å². The van der Waals surface area contributed by atoms with E-state index in [1.54, 1.807) is 0 Å². The van der Waals surface area contributed by atoms with Crippen molar-refractivity contribution < 1.29 is 14.7 Å². The van der Waals surface area contributed by atoms with Crippen LogP contribution in [0.3, 0.4) is 0 Å². The molecule has 128 valence electrons. The highest BCUT2D eigenvalue weighted by atomic mass is 16.3. The summed E-state index contributed by atoms with van der Waals surface area (Å²) in [4.78, 5) is 24.7. The predicted octanol–water partition coefficient (Wildman–Crippen LogP) is 4.58. The van der Waals surface area contributed by atoms with Crippen molar-refractivity contribution in [1.82, 2.24) is 0 Å². The summed E-state index contributed by atoms with van der Waals surface area (Å²) < 4.78 is 0. The van der Waals surface area contributed by atoms with Crippen LogP contribution in [0.4, 0.5) is 0 Å². The van der Waals surface area contributed by atoms with Crippen molar-refractivity contribution in [3.8, 4) is 0 Å². The standard InChI is InChI=1S/C20H30O3/c1-11(2)15-9-16(12(3)4)18(17(10-15)13(5)6)19(22)20(8,23)14(7)21/h9-13,23H,1-8H3. The van der Waals surface area contributed by atoms with E-state index in [1.165, 1.54) is 19.4 Å². The van der Waals surface area contributed by atoms with Gasteiger partial charge in [0.05, 0.1) is 0 Å². The van der Waals surface area contributed by atoms with Crippen molar-refractivity contribution in [2.24, 2.45) is 0 Å². The van der Waals surface area contributed by atoms with Crippen molar-refractivity contribution in [2.75, 3.05) is 0 Å². The number of benzene rings is 1. The summed E-state index contributed by atoms with van der Waals surface area (Å²) in [5.41, 5.74) is 1.53. The Bertz CT molecular complexity index is 578. The van der Waals surface area contributed by atoms with Gasteiger partial charge in [-0.2, -0.15) is 0 Å². The van der Waals surface area contributed by atoms with Crippen LogP contribution in [0.25, 0.3) is 0 Å². The van der Waals surface area contributed by atoms with E-state index in [4.69, 9.17) is 0 Å². The lowest BCUT2D eigenvalue weighted by Gasteiger charge is -2.26. The van der Waals surface area contributed by atoms with Gasteiger partial charge in [-0.05, 0) is 48.3 Å². The lowest BCUT2D eigenvalue weighted by molar-refractivity contribution is -0.129. The van der Waals surface area contributed by atoms with E-state index in [9.17, 15) is 14.7 Å². The Labute approximate surface area is 140 Å². The van der Waals surface area contributed by atoms with Crippen molar-refractivity contribution in [3.63, 3.8) is 0 Å². The van der Waals surface area contributed by atoms with Gasteiger partial charge in [-0.1, -0.05) is 53.7 Å². The maximum Gasteiger partial charge on any atom is 0.202 e. The number of hydrogen-bond donors (Lipinski definition) is 1. The number of rotatable bonds is 6. The Morgan fingerprint density at radius 3 is 1.57 bits per heavy atom. The van der Waals surface area contributed by atoms with Gasteiger partial charge in [-0.3, -0.25) is 9.59 Å². The van der Waals surface area contributed by atoms with Gasteiger partial charge in [0.1, 0.15) is 0 Å². The van der Waals surface area contributed by atoms with Crippen molar-refractivity contribution >= 4 is 11.6 Å². The third-order valence-corrected chi connectivity index (χ3v) is 4.49. The summed E-state index contributed by atoms with van der Waals surface area (Å²) in [6.07, 6.45) is 0. The molecule has 0 heterocycles. The number of carbonyl (C=O) groups excluding carboxylic acids is 2. The van der Waals surface area contributed by atoms with Crippen LogP contribution < -0.4 is 0 Å². The zero-order valence-corrected chi connectivity index (χ0v) is 15.7. The van der Waals surface area contributed by atoms with Gasteiger partial charge >= 0.3 is 0 Å². The number of hydrogen-bond acceptors (Lipinski definition) is 3. The van der Waals surface area contributed by atoms with Gasteiger partial charge in [0.2, 0.25) is 5.78 Å². The van der Waals surface area contributed by atoms with E-state index < -0.39 is 17.2 Å². The third-order valence-electron chi connectivity index (χ3n) is 4.49. The van der Waals surface area contributed by atoms with Gasteiger partial charge in [0, 0.05) is 5.56 Å². The second-order valence-corrected chi connectivity index (χ2v) is 7.50. The molecule has 0 fully saturated rings. The molecule has 3 nitrogen and oxygen atoms in total. The molecule has 1 unspecified atom stereocenters. The molecule has 23 heavy (non-hydrogen) atoms. The third kappa shape index (κ3) is 3.89. The quantitative estimate of drug-likeness (QED) is 0.617. The molecule has 0 aliphatic carbocycles. The fourth-order valence-electron chi connectivity index (χ4n) is 2.62. The SMILES string of the molecule is CC(=O)C(C)(O)C(=O)c1c(C(C)C)cc(C(C)C)cc1C(C)C. The largest absolute Gasteiger partial charge is 0.374 e. The van der Waals surface area contributed by atoms with E-state index in [2.05, 4.69) is 13.8 Å². The molecule has 0 aromatic heterocycles. The first-order valence-corrected chi connectivity index (χ1v) is 8.37. The molecule has 0 bridgehead atoms. The lowest BCUT2D eigenvalue weighted by Crippen LogP contribution is -2.43. The summed E-state index contributed by atoms with van der Waals surface area (Å²) in [6, 6.07) is 4.09. The van der Waals surface area contributed by atoms with E-state index >= 15 is 0 Å². The summed E-state index contributed by atoms with van der Waals surface area (Å²) in [5, 5.41) is 10.4. The minimum Gasteiger partial charge on any atom is -0.374 e. The Balaban J connectivity index is 3.75. The monoisotopic (exact) mass is 318 g/mol. The molecule has 0 amide bonds. The van der Waals surface area contributed by atoms with E-state index in [1.807, 2.05) is 39.8 Å². The number of aliphatic hydroxyl groups is 1. The van der Waals surface area contributed by atoms with Crippen molar-refractivity contribution in [1.29, 1.82) is 0 Å². The van der Waals surface area contributed by atoms with Crippen LogP contribution >= 0.6 is 0 Å². The second kappa shape index (κ2) is 6.96. The molecule has 1 rings (SSSR count). The second-order valence-electron chi connectivity index (χ2n) is 7.50. The topological polar surface area (TPSA) is 54.4 Å². The fourth-order valence-corrected chi connectivity index (χ4v) is 2.62. The van der Waals surface area contributed by atoms with Crippen LogP contribution in [0.2, 0.25) is 0 Å². The summed E-state index contributed by atoms with van der Waals surface area (Å²) in [6.45, 7) is 14.9. The highest BCUT2D eigenvalue weighted by Gasteiger charge is 2.39. The minimum atomic E-state index is -1.98. The molecule has 0 saturated heterocycles. The summed E-state index contributed by atoms with van der Waals surface area (Å²) in [7, 11) is 0. The van der Waals surface area contributed by atoms with E-state index in [0.29, 0.717) is 11.5 Å². The zero-order chi connectivity index (χ0) is 18.1. The maximum absolute atomic E-state index is 13.0. The lowest BCUT2D eigenvalue weighted by atomic mass is 9.79. The first kappa shape index (κ1) is 19.6. The van der Waals surface area contributed by atoms with Crippen LogP contribution in [0.15, 0.2) is 12.1 Å². The molecular formula is C20H30O3. The summed E-state index contributed by atoms with van der Waals surface area (Å²) >= 11 is 0. The van der Waals surface area contributed by atoms with Gasteiger partial charge in [0.25, 0.3) is 0 Å². The van der Waals surface area contributed by atoms with Gasteiger partial charge < -0.3 is 5.11 Å². The van der Waals surface area contributed by atoms with Gasteiger partial charge in [-0.25, -0.2) is 0 Å². The number of ketones is 2. The van der Waals surface area contributed by atoms with Crippen molar-refractivity contribution in [2.45, 2.75) is 78.7 Å². The molecule has 1 aromatic carbocycles. The van der Waals surface area contributed by atoms with E-state index in [-0.39, 0.29) is 11.8 Å². The predicted molar refractivity (Wildman–Crippen MR) is 94.3 cm³/mol. The van der Waals surface area contributed by atoms with Gasteiger partial charge in [-0.15, -0.1) is 0 Å². The Kier molecular flexibility index (Phi) is 5.92. The summed E-state index contributed by atoms with van der Waals surface area (Å²) in [5.74, 6) is -0.407. The zero-order valence-electron chi connectivity index (χ0n) is 15.7. The van der Waals surface area contributed by atoms with Crippen LogP contribution in [0.1, 0.15) is 100 Å². The molecule has 1 aromatic rings. The first-order valence-electron chi connectivity index (χ1n) is 8.37. The maximum atomic E-state index is 13.0. The highest BCUT2D eigenvalue weighted by molar-refractivity contribution is 6.17. The Hall–Kier alpha value is -1.48. The van der Waals surface area contributed by atoms with Crippen LogP contribution in [0.5, 0.6) is 0 Å². The minimum absolute atomic E-state index is 0.132. The average Bonchev–Trinajstić information content (AvgIpc) is 2.44. The molecule has 0 spiro atoms. The number of Topliss-reactive ketones (excluding diaryl/α,β-unsaturated/α-hetero) is 2. The first-order chi connectivity index (χ1) is 10.4. The highest BCUT2D eigenvalue weighted by Crippen LogP contribution is 2.34. The van der Waals surface area contributed by atoms with Gasteiger partial charge in [0.15, 0.2) is 11.4 Å². The molecule has 1 N–H and O–H groups in total. The molecule has 0 saturated carbocycles. The number of carbonyl (C=O) groups is 2. The average molecular weight is 318 g/mol. The normalized spacial score (nSPS) is 14.4. The smallest absolute Gasteiger partial charge is 0.202 e.